The third-order valence-corrected chi connectivity index (χ3v) is 11.1. The maximum atomic E-state index is 2.51. The van der Waals surface area contributed by atoms with Gasteiger partial charge in [-0.1, -0.05) is 115 Å². The van der Waals surface area contributed by atoms with E-state index in [0.29, 0.717) is 23.7 Å². The second-order valence-corrected chi connectivity index (χ2v) is 13.7. The van der Waals surface area contributed by atoms with E-state index in [9.17, 15) is 0 Å². The molecule has 6 atom stereocenters. The van der Waals surface area contributed by atoms with Crippen LogP contribution in [0.2, 0.25) is 0 Å². The summed E-state index contributed by atoms with van der Waals surface area (Å²) < 4.78 is 0.347. The highest BCUT2D eigenvalue weighted by molar-refractivity contribution is 8.01. The number of rotatable bonds is 6. The molecule has 0 aliphatic heterocycles. The molecule has 2 fully saturated rings. The van der Waals surface area contributed by atoms with Gasteiger partial charge in [0, 0.05) is 9.49 Å². The molecule has 6 unspecified atom stereocenters. The third kappa shape index (κ3) is 4.82. The van der Waals surface area contributed by atoms with Crippen LogP contribution >= 0.6 is 11.8 Å². The zero-order valence-corrected chi connectivity index (χ0v) is 22.7. The van der Waals surface area contributed by atoms with E-state index in [1.165, 1.54) is 38.5 Å². The highest BCUT2D eigenvalue weighted by Gasteiger charge is 2.55. The highest BCUT2D eigenvalue weighted by Crippen LogP contribution is 2.66. The van der Waals surface area contributed by atoms with Crippen molar-refractivity contribution >= 4 is 11.8 Å². The molecule has 2 aliphatic carbocycles. The van der Waals surface area contributed by atoms with Crippen LogP contribution in [0.15, 0.2) is 60.7 Å². The van der Waals surface area contributed by atoms with E-state index < -0.39 is 0 Å². The summed E-state index contributed by atoms with van der Waals surface area (Å²) in [5.74, 6) is 4.37. The summed E-state index contributed by atoms with van der Waals surface area (Å²) >= 11 is 2.42. The lowest BCUT2D eigenvalue weighted by Gasteiger charge is -2.57. The quantitative estimate of drug-likeness (QED) is 0.411. The molecule has 0 spiro atoms. The van der Waals surface area contributed by atoms with Crippen LogP contribution in [0.5, 0.6) is 0 Å². The van der Waals surface area contributed by atoms with Crippen molar-refractivity contribution in [3.63, 3.8) is 0 Å². The van der Waals surface area contributed by atoms with Gasteiger partial charge in [0.2, 0.25) is 0 Å². The zero-order valence-electron chi connectivity index (χ0n) is 21.9. The van der Waals surface area contributed by atoms with Crippen molar-refractivity contribution in [2.75, 3.05) is 0 Å². The Labute approximate surface area is 208 Å². The Hall–Kier alpha value is -1.21. The van der Waals surface area contributed by atoms with E-state index >= 15 is 0 Å². The summed E-state index contributed by atoms with van der Waals surface area (Å²) in [6.07, 6.45) is 8.07. The van der Waals surface area contributed by atoms with E-state index in [1.807, 2.05) is 0 Å². The molecule has 2 aromatic rings. The van der Waals surface area contributed by atoms with Gasteiger partial charge in [-0.25, -0.2) is 0 Å². The molecule has 0 nitrogen and oxygen atoms in total. The van der Waals surface area contributed by atoms with Gasteiger partial charge in [0.1, 0.15) is 0 Å². The molecule has 2 aliphatic rings. The Morgan fingerprint density at radius 1 is 0.606 bits per heavy atom. The van der Waals surface area contributed by atoms with Crippen molar-refractivity contribution in [2.45, 2.75) is 89.6 Å². The fourth-order valence-corrected chi connectivity index (χ4v) is 10.4. The van der Waals surface area contributed by atoms with Gasteiger partial charge in [-0.15, -0.1) is 11.8 Å². The number of hydrogen-bond donors (Lipinski definition) is 0. The SMILES string of the molecule is CC1CCC(C(C)C)C(SC2(c3ccccc3)CC(C)CCC2C(C)C)(c2ccccc2)C1. The lowest BCUT2D eigenvalue weighted by Crippen LogP contribution is -2.48. The Morgan fingerprint density at radius 3 is 1.30 bits per heavy atom. The van der Waals surface area contributed by atoms with Gasteiger partial charge in [-0.2, -0.15) is 0 Å². The van der Waals surface area contributed by atoms with E-state index in [2.05, 4.69) is 114 Å². The van der Waals surface area contributed by atoms with Crippen LogP contribution in [0.25, 0.3) is 0 Å². The third-order valence-electron chi connectivity index (χ3n) is 8.94. The van der Waals surface area contributed by atoms with Gasteiger partial charge in [-0.05, 0) is 72.3 Å². The van der Waals surface area contributed by atoms with Crippen LogP contribution < -0.4 is 0 Å². The molecule has 180 valence electrons. The Kier molecular flexibility index (Phi) is 7.69. The molecule has 0 N–H and O–H groups in total. The van der Waals surface area contributed by atoms with E-state index in [0.717, 1.165) is 11.8 Å². The molecule has 0 aromatic heterocycles. The summed E-state index contributed by atoms with van der Waals surface area (Å²) in [6.45, 7) is 14.9. The number of hydrogen-bond acceptors (Lipinski definition) is 1. The minimum atomic E-state index is 0.174. The fraction of sp³-hybridized carbons (Fsp3) is 0.625. The minimum absolute atomic E-state index is 0.174. The highest BCUT2D eigenvalue weighted by atomic mass is 32.2. The first kappa shape index (κ1) is 24.9. The van der Waals surface area contributed by atoms with Gasteiger partial charge in [0.05, 0.1) is 0 Å². The van der Waals surface area contributed by atoms with Crippen LogP contribution in [0.3, 0.4) is 0 Å². The predicted octanol–water partition coefficient (Wildman–Crippen LogP) is 9.69. The summed E-state index contributed by atoms with van der Waals surface area (Å²) in [4.78, 5) is 0. The normalized spacial score (nSPS) is 35.2. The van der Waals surface area contributed by atoms with Crippen molar-refractivity contribution in [1.82, 2.24) is 0 Å². The molecule has 4 rings (SSSR count). The molecular weight excluding hydrogens is 416 g/mol. The number of thioether (sulfide) groups is 1. The molecule has 0 amide bonds. The van der Waals surface area contributed by atoms with E-state index in [-0.39, 0.29) is 9.49 Å². The molecule has 1 heteroatoms. The second-order valence-electron chi connectivity index (χ2n) is 12.1. The predicted molar refractivity (Wildman–Crippen MR) is 147 cm³/mol. The number of benzene rings is 2. The van der Waals surface area contributed by atoms with Gasteiger partial charge >= 0.3 is 0 Å². The lowest BCUT2D eigenvalue weighted by molar-refractivity contribution is 0.150. The van der Waals surface area contributed by atoms with Crippen molar-refractivity contribution in [2.24, 2.45) is 35.5 Å². The summed E-state index contributed by atoms with van der Waals surface area (Å²) in [5, 5.41) is 0. The minimum Gasteiger partial charge on any atom is -0.138 e. The first-order chi connectivity index (χ1) is 15.8. The molecule has 0 radical (unpaired) electrons. The fourth-order valence-electron chi connectivity index (χ4n) is 7.46. The van der Waals surface area contributed by atoms with Gasteiger partial charge in [-0.3, -0.25) is 0 Å². The van der Waals surface area contributed by atoms with E-state index in [1.54, 1.807) is 11.1 Å². The van der Waals surface area contributed by atoms with Crippen LogP contribution in [-0.2, 0) is 9.49 Å². The summed E-state index contributed by atoms with van der Waals surface area (Å²) in [5.41, 5.74) is 3.16. The largest absolute Gasteiger partial charge is 0.138 e. The van der Waals surface area contributed by atoms with Crippen LogP contribution in [-0.4, -0.2) is 0 Å². The standard InChI is InChI=1S/C32H46S/c1-23(2)29-19-17-25(5)21-31(29,27-13-9-7-10-14-27)33-32(28-15-11-8-12-16-28)22-26(6)18-20-30(32)24(3)4/h7-16,23-26,29-30H,17-22H2,1-6H3. The molecular formula is C32H46S. The second kappa shape index (κ2) is 10.2. The van der Waals surface area contributed by atoms with Crippen LogP contribution in [0, 0.1) is 35.5 Å². The maximum absolute atomic E-state index is 2.51. The maximum Gasteiger partial charge on any atom is 0.0450 e. The molecule has 0 heterocycles. The molecule has 2 aromatic carbocycles. The Balaban J connectivity index is 1.94. The molecule has 0 bridgehead atoms. The van der Waals surface area contributed by atoms with Crippen molar-refractivity contribution < 1.29 is 0 Å². The van der Waals surface area contributed by atoms with Crippen LogP contribution in [0.1, 0.15) is 91.2 Å². The van der Waals surface area contributed by atoms with Crippen molar-refractivity contribution in [3.05, 3.63) is 71.8 Å². The molecule has 0 saturated heterocycles. The van der Waals surface area contributed by atoms with Crippen LogP contribution in [0.4, 0.5) is 0 Å². The van der Waals surface area contributed by atoms with Gasteiger partial charge in [0.15, 0.2) is 0 Å². The van der Waals surface area contributed by atoms with Gasteiger partial charge in [0.25, 0.3) is 0 Å². The molecule has 2 saturated carbocycles. The van der Waals surface area contributed by atoms with Crippen molar-refractivity contribution in [1.29, 1.82) is 0 Å². The monoisotopic (exact) mass is 462 g/mol. The summed E-state index contributed by atoms with van der Waals surface area (Å²) in [7, 11) is 0. The molecule has 33 heavy (non-hydrogen) atoms. The smallest absolute Gasteiger partial charge is 0.0450 e. The first-order valence-electron chi connectivity index (χ1n) is 13.6. The first-order valence-corrected chi connectivity index (χ1v) is 14.4. The zero-order chi connectivity index (χ0) is 23.6. The average Bonchev–Trinajstić information content (AvgIpc) is 2.80. The summed E-state index contributed by atoms with van der Waals surface area (Å²) in [6, 6.07) is 23.4. The van der Waals surface area contributed by atoms with Gasteiger partial charge < -0.3 is 0 Å². The Morgan fingerprint density at radius 2 is 0.970 bits per heavy atom. The average molecular weight is 463 g/mol. The Bertz CT molecular complexity index is 798. The topological polar surface area (TPSA) is 0 Å². The van der Waals surface area contributed by atoms with E-state index in [4.69, 9.17) is 0 Å². The van der Waals surface area contributed by atoms with Crippen molar-refractivity contribution in [3.8, 4) is 0 Å². The lowest BCUT2D eigenvalue weighted by atomic mass is 9.66.